The Bertz CT molecular complexity index is 78.6. The molecule has 0 bridgehead atoms. The molecule has 8 heavy (non-hydrogen) atoms. The predicted octanol–water partition coefficient (Wildman–Crippen LogP) is 1.46. The summed E-state index contributed by atoms with van der Waals surface area (Å²) in [4.78, 5) is 4.62. The fraction of sp³-hybridized carbons (Fsp3) is 0.500. The van der Waals surface area contributed by atoms with Crippen molar-refractivity contribution in [2.45, 2.75) is 13.3 Å². The first-order chi connectivity index (χ1) is 3.91. The lowest BCUT2D eigenvalue weighted by atomic mass is 10.6. The third-order valence-electron chi connectivity index (χ3n) is 0.480. The Morgan fingerprint density at radius 2 is 2.62 bits per heavy atom. The van der Waals surface area contributed by atoms with E-state index >= 15 is 0 Å². The zero-order valence-electron chi connectivity index (χ0n) is 5.05. The molecule has 2 heteroatoms. The number of nitrogens with zero attached hydrogens (tertiary/aromatic N) is 1. The first-order valence-electron chi connectivity index (χ1n) is 2.57. The van der Waals surface area contributed by atoms with Crippen LogP contribution in [0.3, 0.4) is 0 Å². The smallest absolute Gasteiger partial charge is 0.135 e. The van der Waals surface area contributed by atoms with Crippen LogP contribution in [0.2, 0.25) is 0 Å². The van der Waals surface area contributed by atoms with E-state index in [9.17, 15) is 0 Å². The maximum atomic E-state index is 4.62. The van der Waals surface area contributed by atoms with Gasteiger partial charge in [0.1, 0.15) is 12.8 Å². The normalized spacial score (nSPS) is 9.62. The van der Waals surface area contributed by atoms with Crippen LogP contribution < -0.4 is 0 Å². The lowest BCUT2D eigenvalue weighted by molar-refractivity contribution is 0.176. The summed E-state index contributed by atoms with van der Waals surface area (Å²) in [5.41, 5.74) is 0. The van der Waals surface area contributed by atoms with Crippen molar-refractivity contribution in [3.8, 4) is 0 Å². The van der Waals surface area contributed by atoms with Gasteiger partial charge in [0.05, 0.1) is 0 Å². The molecule has 0 heterocycles. The van der Waals surface area contributed by atoms with Crippen molar-refractivity contribution in [2.75, 3.05) is 6.61 Å². The molecule has 0 aromatic rings. The molecule has 0 saturated heterocycles. The van der Waals surface area contributed by atoms with Gasteiger partial charge < -0.3 is 4.84 Å². The van der Waals surface area contributed by atoms with Gasteiger partial charge in [0.2, 0.25) is 0 Å². The first-order valence-corrected chi connectivity index (χ1v) is 2.57. The standard InChI is InChI=1S/C6H10NO/c1-3-5-7-8-6-4-2/h4H,2-3,6H2,1H3. The zero-order chi connectivity index (χ0) is 6.24. The average molecular weight is 112 g/mol. The SMILES string of the molecule is C=CCO/N=[C]/CC. The monoisotopic (exact) mass is 112 g/mol. The molecule has 0 rings (SSSR count). The Balaban J connectivity index is 2.90. The lowest BCUT2D eigenvalue weighted by Crippen LogP contribution is -1.80. The second-order valence-electron chi connectivity index (χ2n) is 1.19. The number of rotatable bonds is 4. The molecule has 0 unspecified atom stereocenters. The van der Waals surface area contributed by atoms with Crippen molar-refractivity contribution in [3.05, 3.63) is 12.7 Å². The molecule has 0 aromatic heterocycles. The molecule has 0 amide bonds. The van der Waals surface area contributed by atoms with Gasteiger partial charge in [-0.05, 0) is 6.42 Å². The highest BCUT2D eigenvalue weighted by molar-refractivity contribution is 5.55. The minimum atomic E-state index is 0.465. The highest BCUT2D eigenvalue weighted by Crippen LogP contribution is 1.75. The van der Waals surface area contributed by atoms with Crippen molar-refractivity contribution in [1.82, 2.24) is 0 Å². The molecule has 0 spiro atoms. The Labute approximate surface area is 49.8 Å². The van der Waals surface area contributed by atoms with Crippen LogP contribution >= 0.6 is 0 Å². The van der Waals surface area contributed by atoms with Crippen LogP contribution in [-0.2, 0) is 4.84 Å². The topological polar surface area (TPSA) is 21.6 Å². The van der Waals surface area contributed by atoms with Crippen LogP contribution in [0.15, 0.2) is 17.8 Å². The van der Waals surface area contributed by atoms with Crippen molar-refractivity contribution >= 4 is 6.21 Å². The average Bonchev–Trinajstić information content (AvgIpc) is 1.81. The summed E-state index contributed by atoms with van der Waals surface area (Å²) in [5.74, 6) is 0. The van der Waals surface area contributed by atoms with E-state index in [4.69, 9.17) is 0 Å². The van der Waals surface area contributed by atoms with Gasteiger partial charge in [0.15, 0.2) is 0 Å². The molecule has 0 fully saturated rings. The molecule has 0 atom stereocenters. The van der Waals surface area contributed by atoms with Gasteiger partial charge in [0.25, 0.3) is 0 Å². The minimum absolute atomic E-state index is 0.465. The summed E-state index contributed by atoms with van der Waals surface area (Å²) < 4.78 is 0. The molecule has 2 nitrogen and oxygen atoms in total. The number of hydrogen-bond acceptors (Lipinski definition) is 2. The Kier molecular flexibility index (Phi) is 5.60. The van der Waals surface area contributed by atoms with E-state index in [1.165, 1.54) is 0 Å². The molecule has 0 aliphatic rings. The Hall–Kier alpha value is -0.790. The second kappa shape index (κ2) is 6.21. The molecular formula is C6H10NO. The van der Waals surface area contributed by atoms with Crippen molar-refractivity contribution in [1.29, 1.82) is 0 Å². The maximum Gasteiger partial charge on any atom is 0.135 e. The summed E-state index contributed by atoms with van der Waals surface area (Å²) in [6.07, 6.45) is 5.07. The fourth-order valence-electron chi connectivity index (χ4n) is 0.200. The molecule has 1 radical (unpaired) electrons. The van der Waals surface area contributed by atoms with Crippen LogP contribution in [0.5, 0.6) is 0 Å². The van der Waals surface area contributed by atoms with Crippen molar-refractivity contribution in [2.24, 2.45) is 5.16 Å². The van der Waals surface area contributed by atoms with Gasteiger partial charge in [-0.1, -0.05) is 24.7 Å². The quantitative estimate of drug-likeness (QED) is 0.233. The summed E-state index contributed by atoms with van der Waals surface area (Å²) in [6, 6.07) is 0. The third kappa shape index (κ3) is 5.21. The van der Waals surface area contributed by atoms with Gasteiger partial charge >= 0.3 is 0 Å². The zero-order valence-corrected chi connectivity index (χ0v) is 5.05. The van der Waals surface area contributed by atoms with E-state index in [0.717, 1.165) is 6.42 Å². The molecule has 0 aromatic carbocycles. The number of hydrogen-bond donors (Lipinski definition) is 0. The molecule has 0 aliphatic heterocycles. The van der Waals surface area contributed by atoms with Gasteiger partial charge in [-0.3, -0.25) is 0 Å². The van der Waals surface area contributed by atoms with Crippen LogP contribution in [0.1, 0.15) is 13.3 Å². The van der Waals surface area contributed by atoms with Gasteiger partial charge in [0, 0.05) is 0 Å². The summed E-state index contributed by atoms with van der Waals surface area (Å²) >= 11 is 0. The Morgan fingerprint density at radius 3 is 3.12 bits per heavy atom. The lowest BCUT2D eigenvalue weighted by Gasteiger charge is -1.87. The van der Waals surface area contributed by atoms with E-state index in [1.807, 2.05) is 6.92 Å². The summed E-state index contributed by atoms with van der Waals surface area (Å²) in [6.45, 7) is 5.86. The van der Waals surface area contributed by atoms with Gasteiger partial charge in [-0.25, -0.2) is 0 Å². The van der Waals surface area contributed by atoms with E-state index in [1.54, 1.807) is 6.08 Å². The van der Waals surface area contributed by atoms with Crippen LogP contribution in [0.4, 0.5) is 0 Å². The molecule has 0 saturated carbocycles. The highest BCUT2D eigenvalue weighted by Gasteiger charge is 1.70. The van der Waals surface area contributed by atoms with Crippen LogP contribution in [-0.4, -0.2) is 12.8 Å². The fourth-order valence-corrected chi connectivity index (χ4v) is 0.200. The van der Waals surface area contributed by atoms with E-state index in [0.29, 0.717) is 6.61 Å². The highest BCUT2D eigenvalue weighted by atomic mass is 16.6. The molecule has 45 valence electrons. The summed E-state index contributed by atoms with van der Waals surface area (Å²) in [5, 5.41) is 3.46. The molecule has 0 N–H and O–H groups in total. The van der Waals surface area contributed by atoms with Crippen LogP contribution in [0, 0.1) is 0 Å². The third-order valence-corrected chi connectivity index (χ3v) is 0.480. The van der Waals surface area contributed by atoms with E-state index in [2.05, 4.69) is 22.8 Å². The van der Waals surface area contributed by atoms with Crippen LogP contribution in [0.25, 0.3) is 0 Å². The van der Waals surface area contributed by atoms with Gasteiger partial charge in [-0.2, -0.15) is 0 Å². The molecule has 0 aliphatic carbocycles. The van der Waals surface area contributed by atoms with E-state index < -0.39 is 0 Å². The Morgan fingerprint density at radius 1 is 1.88 bits per heavy atom. The summed E-state index contributed by atoms with van der Waals surface area (Å²) in [7, 11) is 0. The van der Waals surface area contributed by atoms with Crippen molar-refractivity contribution < 1.29 is 4.84 Å². The second-order valence-corrected chi connectivity index (χ2v) is 1.19. The maximum absolute atomic E-state index is 4.62. The molecular weight excluding hydrogens is 102 g/mol. The van der Waals surface area contributed by atoms with Gasteiger partial charge in [-0.15, -0.1) is 0 Å². The van der Waals surface area contributed by atoms with Crippen molar-refractivity contribution in [3.63, 3.8) is 0 Å². The predicted molar refractivity (Wildman–Crippen MR) is 33.9 cm³/mol. The minimum Gasteiger partial charge on any atom is -0.391 e. The largest absolute Gasteiger partial charge is 0.391 e. The first kappa shape index (κ1) is 7.21. The van der Waals surface area contributed by atoms with E-state index in [-0.39, 0.29) is 0 Å².